The van der Waals surface area contributed by atoms with E-state index in [2.05, 4.69) is 62.4 Å². The molecule has 2 N–H and O–H groups in total. The topological polar surface area (TPSA) is 54.8 Å². The zero-order valence-electron chi connectivity index (χ0n) is 16.5. The molecular formula is C23H27N5. The van der Waals surface area contributed by atoms with Crippen molar-refractivity contribution < 1.29 is 0 Å². The number of hydrogen-bond donors (Lipinski definition) is 2. The summed E-state index contributed by atoms with van der Waals surface area (Å²) < 4.78 is 2.31. The smallest absolute Gasteiger partial charge is 0.167 e. The van der Waals surface area contributed by atoms with Crippen molar-refractivity contribution in [3.05, 3.63) is 47.9 Å². The minimum absolute atomic E-state index is 0.899. The van der Waals surface area contributed by atoms with Crippen LogP contribution in [0.3, 0.4) is 0 Å². The first kappa shape index (κ1) is 17.3. The fraction of sp³-hybridized carbons (Fsp3) is 0.391. The molecule has 5 rings (SSSR count). The number of benzene rings is 1. The molecule has 1 fully saturated rings. The van der Waals surface area contributed by atoms with Crippen LogP contribution < -0.4 is 10.6 Å². The minimum Gasteiger partial charge on any atom is -0.368 e. The van der Waals surface area contributed by atoms with E-state index in [0.29, 0.717) is 0 Å². The van der Waals surface area contributed by atoms with Gasteiger partial charge in [-0.2, -0.15) is 0 Å². The number of fused-ring (bicyclic) bond motifs is 5. The van der Waals surface area contributed by atoms with Gasteiger partial charge in [0.05, 0.1) is 16.9 Å². The molecule has 3 aromatic rings. The first-order valence-electron chi connectivity index (χ1n) is 10.6. The fourth-order valence-corrected chi connectivity index (χ4v) is 4.43. The van der Waals surface area contributed by atoms with E-state index in [4.69, 9.17) is 0 Å². The number of nitrogens with zero attached hydrogens (tertiary/aromatic N) is 3. The van der Waals surface area contributed by atoms with Gasteiger partial charge in [0.25, 0.3) is 0 Å². The van der Waals surface area contributed by atoms with Crippen molar-refractivity contribution in [2.45, 2.75) is 51.9 Å². The van der Waals surface area contributed by atoms with Gasteiger partial charge >= 0.3 is 0 Å². The molecule has 0 amide bonds. The summed E-state index contributed by atoms with van der Waals surface area (Å²) in [5.41, 5.74) is 6.22. The number of para-hydroxylation sites is 1. The number of aromatic nitrogens is 3. The van der Waals surface area contributed by atoms with E-state index in [0.717, 1.165) is 36.7 Å². The molecule has 1 saturated carbocycles. The molecule has 1 aliphatic heterocycles. The number of hydrogen-bond acceptors (Lipinski definition) is 4. The molecule has 0 spiro atoms. The summed E-state index contributed by atoms with van der Waals surface area (Å²) in [6.45, 7) is 3.13. The Hall–Kier alpha value is -2.82. The average molecular weight is 374 g/mol. The van der Waals surface area contributed by atoms with Crippen LogP contribution in [0.25, 0.3) is 22.4 Å². The summed E-state index contributed by atoms with van der Waals surface area (Å²) in [7, 11) is 0. The SMILES string of the molecule is CCCCNc1ncnc2c1NC(=C1CCCCC1)c1cc3ccccc3n1-2. The van der Waals surface area contributed by atoms with E-state index in [1.165, 1.54) is 60.0 Å². The predicted molar refractivity (Wildman–Crippen MR) is 116 cm³/mol. The van der Waals surface area contributed by atoms with Gasteiger partial charge in [0.15, 0.2) is 11.6 Å². The normalized spacial score (nSPS) is 15.9. The molecule has 0 atom stereocenters. The van der Waals surface area contributed by atoms with E-state index in [9.17, 15) is 0 Å². The zero-order valence-corrected chi connectivity index (χ0v) is 16.5. The van der Waals surface area contributed by atoms with Crippen LogP contribution in [0.1, 0.15) is 57.6 Å². The van der Waals surface area contributed by atoms with E-state index in [-0.39, 0.29) is 0 Å². The second-order valence-corrected chi connectivity index (χ2v) is 7.79. The van der Waals surface area contributed by atoms with Crippen LogP contribution in [-0.2, 0) is 0 Å². The average Bonchev–Trinajstić information content (AvgIpc) is 3.14. The quantitative estimate of drug-likeness (QED) is 0.573. The van der Waals surface area contributed by atoms with Crippen LogP contribution in [0.5, 0.6) is 0 Å². The third kappa shape index (κ3) is 2.86. The summed E-state index contributed by atoms with van der Waals surface area (Å²) in [5, 5.41) is 8.52. The van der Waals surface area contributed by atoms with Crippen molar-refractivity contribution in [3.63, 3.8) is 0 Å². The Kier molecular flexibility index (Phi) is 4.51. The van der Waals surface area contributed by atoms with Gasteiger partial charge in [-0.05, 0) is 49.8 Å². The van der Waals surface area contributed by atoms with Gasteiger partial charge in [-0.25, -0.2) is 9.97 Å². The Labute approximate surface area is 165 Å². The molecule has 5 nitrogen and oxygen atoms in total. The molecule has 1 aromatic carbocycles. The Bertz CT molecular complexity index is 1040. The monoisotopic (exact) mass is 373 g/mol. The molecule has 28 heavy (non-hydrogen) atoms. The van der Waals surface area contributed by atoms with Crippen molar-refractivity contribution in [1.29, 1.82) is 0 Å². The summed E-state index contributed by atoms with van der Waals surface area (Å²) in [5.74, 6) is 1.83. The van der Waals surface area contributed by atoms with E-state index >= 15 is 0 Å². The molecule has 1 aliphatic carbocycles. The molecule has 2 aromatic heterocycles. The Morgan fingerprint density at radius 1 is 1.11 bits per heavy atom. The molecule has 3 heterocycles. The summed E-state index contributed by atoms with van der Waals surface area (Å²) in [4.78, 5) is 9.24. The lowest BCUT2D eigenvalue weighted by atomic mass is 9.92. The molecule has 2 aliphatic rings. The second-order valence-electron chi connectivity index (χ2n) is 7.79. The Morgan fingerprint density at radius 3 is 2.82 bits per heavy atom. The number of rotatable bonds is 4. The van der Waals surface area contributed by atoms with Crippen molar-refractivity contribution >= 4 is 28.1 Å². The third-order valence-electron chi connectivity index (χ3n) is 5.89. The summed E-state index contributed by atoms with van der Waals surface area (Å²) in [6.07, 6.45) is 10.2. The van der Waals surface area contributed by atoms with Crippen molar-refractivity contribution in [1.82, 2.24) is 14.5 Å². The number of unbranched alkanes of at least 4 members (excludes halogenated alkanes) is 1. The van der Waals surface area contributed by atoms with Crippen molar-refractivity contribution in [2.24, 2.45) is 0 Å². The molecule has 144 valence electrons. The standard InChI is InChI=1S/C23H27N5/c1-2-3-13-24-22-21-23(26-15-25-22)28-18-12-8-7-11-17(18)14-19(28)20(27-21)16-9-5-4-6-10-16/h7-8,11-12,14-15,27H,2-6,9-10,13H2,1H3,(H,24,25,26). The minimum atomic E-state index is 0.899. The first-order valence-corrected chi connectivity index (χ1v) is 10.6. The molecule has 0 saturated heterocycles. The van der Waals surface area contributed by atoms with Crippen LogP contribution in [-0.4, -0.2) is 21.1 Å². The highest BCUT2D eigenvalue weighted by Crippen LogP contribution is 2.42. The van der Waals surface area contributed by atoms with Crippen LogP contribution in [0.15, 0.2) is 42.2 Å². The fourth-order valence-electron chi connectivity index (χ4n) is 4.43. The van der Waals surface area contributed by atoms with Gasteiger partial charge in [0, 0.05) is 11.9 Å². The molecule has 0 radical (unpaired) electrons. The maximum Gasteiger partial charge on any atom is 0.167 e. The van der Waals surface area contributed by atoms with Gasteiger partial charge in [-0.1, -0.05) is 38.0 Å². The number of allylic oxidation sites excluding steroid dienone is 1. The molecule has 5 heteroatoms. The van der Waals surface area contributed by atoms with Crippen LogP contribution in [0.4, 0.5) is 11.5 Å². The van der Waals surface area contributed by atoms with Gasteiger partial charge in [-0.3, -0.25) is 4.57 Å². The lowest BCUT2D eigenvalue weighted by Gasteiger charge is -2.28. The van der Waals surface area contributed by atoms with Gasteiger partial charge in [-0.15, -0.1) is 0 Å². The highest BCUT2D eigenvalue weighted by Gasteiger charge is 2.28. The largest absolute Gasteiger partial charge is 0.368 e. The molecule has 0 unspecified atom stereocenters. The maximum absolute atomic E-state index is 4.68. The predicted octanol–water partition coefficient (Wildman–Crippen LogP) is 5.73. The van der Waals surface area contributed by atoms with Crippen LogP contribution in [0, 0.1) is 0 Å². The molecular weight excluding hydrogens is 346 g/mol. The summed E-state index contributed by atoms with van der Waals surface area (Å²) in [6, 6.07) is 10.9. The highest BCUT2D eigenvalue weighted by atomic mass is 15.2. The highest BCUT2D eigenvalue weighted by molar-refractivity contribution is 5.97. The van der Waals surface area contributed by atoms with Crippen molar-refractivity contribution in [3.8, 4) is 5.82 Å². The summed E-state index contributed by atoms with van der Waals surface area (Å²) >= 11 is 0. The third-order valence-corrected chi connectivity index (χ3v) is 5.89. The number of anilines is 2. The Morgan fingerprint density at radius 2 is 1.96 bits per heavy atom. The maximum atomic E-state index is 4.68. The van der Waals surface area contributed by atoms with E-state index in [1.807, 2.05) is 0 Å². The second kappa shape index (κ2) is 7.30. The van der Waals surface area contributed by atoms with Crippen LogP contribution in [0.2, 0.25) is 0 Å². The zero-order chi connectivity index (χ0) is 18.9. The van der Waals surface area contributed by atoms with Gasteiger partial charge < -0.3 is 10.6 Å². The number of nitrogens with one attached hydrogen (secondary N) is 2. The first-order chi connectivity index (χ1) is 13.9. The lowest BCUT2D eigenvalue weighted by molar-refractivity contribution is 0.600. The Balaban J connectivity index is 1.71. The van der Waals surface area contributed by atoms with E-state index in [1.54, 1.807) is 6.33 Å². The molecule has 0 bridgehead atoms. The lowest BCUT2D eigenvalue weighted by Crippen LogP contribution is -2.20. The van der Waals surface area contributed by atoms with Gasteiger partial charge in [0.1, 0.15) is 12.0 Å². The van der Waals surface area contributed by atoms with E-state index < -0.39 is 0 Å². The van der Waals surface area contributed by atoms with Crippen LogP contribution >= 0.6 is 0 Å². The van der Waals surface area contributed by atoms with Crippen molar-refractivity contribution in [2.75, 3.05) is 17.2 Å². The van der Waals surface area contributed by atoms with Gasteiger partial charge in [0.2, 0.25) is 0 Å².